The van der Waals surface area contributed by atoms with Crippen LogP contribution < -0.4 is 10.5 Å². The van der Waals surface area contributed by atoms with Gasteiger partial charge in [0, 0.05) is 29.6 Å². The van der Waals surface area contributed by atoms with Gasteiger partial charge in [0.25, 0.3) is 0 Å². The molecule has 5 heteroatoms. The van der Waals surface area contributed by atoms with E-state index in [1.54, 1.807) is 6.07 Å². The molecule has 0 saturated carbocycles. The second kappa shape index (κ2) is 5.94. The number of likely N-dealkylation sites (N-methyl/N-ethyl adjacent to an activating group) is 1. The zero-order chi connectivity index (χ0) is 19.4. The minimum absolute atomic E-state index is 0.323. The highest BCUT2D eigenvalue weighted by Gasteiger charge is 2.49. The molecule has 2 aliphatic rings. The van der Waals surface area contributed by atoms with Gasteiger partial charge in [0.05, 0.1) is 6.54 Å². The lowest BCUT2D eigenvalue weighted by molar-refractivity contribution is 0.0456. The van der Waals surface area contributed by atoms with Gasteiger partial charge in [-0.25, -0.2) is 4.99 Å². The van der Waals surface area contributed by atoms with Crippen molar-refractivity contribution in [3.63, 3.8) is 0 Å². The number of hydrogen-bond donors (Lipinski definition) is 1. The molecule has 2 aromatic carbocycles. The van der Waals surface area contributed by atoms with Crippen LogP contribution in [0.1, 0.15) is 31.4 Å². The van der Waals surface area contributed by atoms with Crippen molar-refractivity contribution in [3.05, 3.63) is 52.5 Å². The van der Waals surface area contributed by atoms with Crippen molar-refractivity contribution in [3.8, 4) is 29.2 Å². The maximum absolute atomic E-state index is 6.25. The normalized spacial score (nSPS) is 22.8. The minimum atomic E-state index is -0.417. The molecule has 27 heavy (non-hydrogen) atoms. The largest absolute Gasteiger partial charge is 0.487 e. The number of terminal acetylenes is 1. The molecule has 4 nitrogen and oxygen atoms in total. The Balaban J connectivity index is 1.88. The highest BCUT2D eigenvalue weighted by atomic mass is 35.5. The number of guanidine groups is 1. The Morgan fingerprint density at radius 1 is 1.22 bits per heavy atom. The lowest BCUT2D eigenvalue weighted by Crippen LogP contribution is -2.45. The standard InChI is InChI=1S/C22H22ClN3O/c1-5-14-8-16(10-17(23)9-14)15-6-7-19-18(11-15)22(12-21(2,3)27-19)13-26(4)20(24)25-22/h1,6-11H,12-13H2,2-4H3,(H2,24,25). The van der Waals surface area contributed by atoms with Crippen LogP contribution in [0.3, 0.4) is 0 Å². The molecule has 0 fully saturated rings. The van der Waals surface area contributed by atoms with Crippen molar-refractivity contribution in [1.29, 1.82) is 0 Å². The summed E-state index contributed by atoms with van der Waals surface area (Å²) in [5.41, 5.74) is 9.20. The molecule has 2 heterocycles. The fourth-order valence-corrected chi connectivity index (χ4v) is 4.42. The van der Waals surface area contributed by atoms with Crippen LogP contribution in [0.25, 0.3) is 11.1 Å². The summed E-state index contributed by atoms with van der Waals surface area (Å²) < 4.78 is 6.25. The molecule has 2 aromatic rings. The molecule has 2 aliphatic heterocycles. The number of ether oxygens (including phenoxy) is 1. The van der Waals surface area contributed by atoms with Crippen LogP contribution in [-0.4, -0.2) is 30.1 Å². The predicted octanol–water partition coefficient (Wildman–Crippen LogP) is 4.00. The van der Waals surface area contributed by atoms with Gasteiger partial charge >= 0.3 is 0 Å². The van der Waals surface area contributed by atoms with Crippen LogP contribution in [0.4, 0.5) is 0 Å². The summed E-state index contributed by atoms with van der Waals surface area (Å²) in [4.78, 5) is 6.86. The van der Waals surface area contributed by atoms with E-state index >= 15 is 0 Å². The van der Waals surface area contributed by atoms with E-state index in [-0.39, 0.29) is 5.60 Å². The second-order valence-electron chi connectivity index (χ2n) is 7.98. The molecule has 1 unspecified atom stereocenters. The van der Waals surface area contributed by atoms with Crippen LogP contribution in [0.5, 0.6) is 5.75 Å². The zero-order valence-electron chi connectivity index (χ0n) is 15.7. The van der Waals surface area contributed by atoms with Gasteiger partial charge in [-0.3, -0.25) is 0 Å². The molecular formula is C22H22ClN3O. The van der Waals surface area contributed by atoms with Crippen LogP contribution in [-0.2, 0) is 5.54 Å². The number of rotatable bonds is 1. The summed E-state index contributed by atoms with van der Waals surface area (Å²) in [6, 6.07) is 11.8. The van der Waals surface area contributed by atoms with Crippen molar-refractivity contribution in [2.24, 2.45) is 10.7 Å². The maximum atomic E-state index is 6.25. The van der Waals surface area contributed by atoms with Crippen molar-refractivity contribution < 1.29 is 4.74 Å². The Kier molecular flexibility index (Phi) is 3.90. The van der Waals surface area contributed by atoms with E-state index in [1.807, 2.05) is 36.2 Å². The third-order valence-corrected chi connectivity index (χ3v) is 5.42. The summed E-state index contributed by atoms with van der Waals surface area (Å²) in [7, 11) is 1.97. The summed E-state index contributed by atoms with van der Waals surface area (Å²) in [6.45, 7) is 4.91. The number of hydrogen-bond acceptors (Lipinski definition) is 4. The fourth-order valence-electron chi connectivity index (χ4n) is 4.19. The topological polar surface area (TPSA) is 50.8 Å². The molecule has 0 radical (unpaired) electrons. The first-order valence-electron chi connectivity index (χ1n) is 8.89. The van der Waals surface area contributed by atoms with E-state index in [9.17, 15) is 0 Å². The molecule has 0 saturated heterocycles. The molecule has 138 valence electrons. The third kappa shape index (κ3) is 3.02. The summed E-state index contributed by atoms with van der Waals surface area (Å²) in [6.07, 6.45) is 6.32. The van der Waals surface area contributed by atoms with E-state index < -0.39 is 5.54 Å². The van der Waals surface area contributed by atoms with Crippen molar-refractivity contribution in [1.82, 2.24) is 4.90 Å². The molecule has 1 atom stereocenters. The monoisotopic (exact) mass is 379 g/mol. The molecule has 0 amide bonds. The number of aliphatic imine (C=N–C) groups is 1. The van der Waals surface area contributed by atoms with Gasteiger partial charge in [0.15, 0.2) is 5.96 Å². The average Bonchev–Trinajstić information content (AvgIpc) is 2.87. The summed E-state index contributed by atoms with van der Waals surface area (Å²) in [5, 5.41) is 0.619. The summed E-state index contributed by atoms with van der Waals surface area (Å²) in [5.74, 6) is 4.06. The van der Waals surface area contributed by atoms with Crippen molar-refractivity contribution in [2.75, 3.05) is 13.6 Å². The first-order valence-corrected chi connectivity index (χ1v) is 9.27. The molecule has 0 bridgehead atoms. The Labute approximate surface area is 165 Å². The first-order chi connectivity index (χ1) is 12.7. The molecule has 0 aliphatic carbocycles. The van der Waals surface area contributed by atoms with E-state index in [2.05, 4.69) is 25.8 Å². The third-order valence-electron chi connectivity index (χ3n) is 5.20. The van der Waals surface area contributed by atoms with Crippen LogP contribution in [0, 0.1) is 12.3 Å². The number of nitrogens with zero attached hydrogens (tertiary/aromatic N) is 2. The Bertz CT molecular complexity index is 1010. The molecule has 1 spiro atoms. The van der Waals surface area contributed by atoms with Gasteiger partial charge in [-0.2, -0.15) is 0 Å². The minimum Gasteiger partial charge on any atom is -0.487 e. The Hall–Kier alpha value is -2.64. The smallest absolute Gasteiger partial charge is 0.192 e. The zero-order valence-corrected chi connectivity index (χ0v) is 16.5. The summed E-state index contributed by atoms with van der Waals surface area (Å²) >= 11 is 6.25. The first kappa shape index (κ1) is 17.8. The molecule has 2 N–H and O–H groups in total. The number of halogens is 1. The molecular weight excluding hydrogens is 358 g/mol. The highest BCUT2D eigenvalue weighted by Crippen LogP contribution is 2.49. The molecule has 0 aromatic heterocycles. The predicted molar refractivity (Wildman–Crippen MR) is 110 cm³/mol. The maximum Gasteiger partial charge on any atom is 0.192 e. The number of nitrogens with two attached hydrogens (primary N) is 1. The van der Waals surface area contributed by atoms with Gasteiger partial charge in [-0.1, -0.05) is 23.6 Å². The average molecular weight is 380 g/mol. The van der Waals surface area contributed by atoms with Crippen LogP contribution in [0.2, 0.25) is 5.02 Å². The van der Waals surface area contributed by atoms with E-state index in [0.29, 0.717) is 11.0 Å². The van der Waals surface area contributed by atoms with E-state index in [1.165, 1.54) is 0 Å². The Morgan fingerprint density at radius 2 is 2.00 bits per heavy atom. The van der Waals surface area contributed by atoms with E-state index in [0.717, 1.165) is 41.0 Å². The van der Waals surface area contributed by atoms with Gasteiger partial charge in [0.2, 0.25) is 0 Å². The SMILES string of the molecule is C#Cc1cc(Cl)cc(-c2ccc3c(c2)C2(CN(C)C(N)=N2)CC(C)(C)O3)c1. The second-order valence-corrected chi connectivity index (χ2v) is 8.42. The lowest BCUT2D eigenvalue weighted by atomic mass is 9.77. The molecule has 4 rings (SSSR count). The van der Waals surface area contributed by atoms with Gasteiger partial charge in [-0.05, 0) is 55.3 Å². The van der Waals surface area contributed by atoms with Gasteiger partial charge < -0.3 is 15.4 Å². The lowest BCUT2D eigenvalue weighted by Gasteiger charge is -2.42. The van der Waals surface area contributed by atoms with E-state index in [4.69, 9.17) is 33.5 Å². The van der Waals surface area contributed by atoms with Crippen molar-refractivity contribution in [2.45, 2.75) is 31.4 Å². The van der Waals surface area contributed by atoms with Gasteiger partial charge in [-0.15, -0.1) is 6.42 Å². The fraction of sp³-hybridized carbons (Fsp3) is 0.318. The van der Waals surface area contributed by atoms with Crippen LogP contribution >= 0.6 is 11.6 Å². The Morgan fingerprint density at radius 3 is 2.67 bits per heavy atom. The highest BCUT2D eigenvalue weighted by molar-refractivity contribution is 6.31. The number of benzene rings is 2. The van der Waals surface area contributed by atoms with Gasteiger partial charge in [0.1, 0.15) is 16.9 Å². The quantitative estimate of drug-likeness (QED) is 0.762. The van der Waals surface area contributed by atoms with Crippen LogP contribution in [0.15, 0.2) is 41.4 Å². The number of fused-ring (bicyclic) bond motifs is 2. The van der Waals surface area contributed by atoms with Crippen molar-refractivity contribution >= 4 is 17.6 Å².